The molecule has 23 heavy (non-hydrogen) atoms. The number of aromatic nitrogens is 2. The summed E-state index contributed by atoms with van der Waals surface area (Å²) in [7, 11) is 0. The molecule has 0 spiro atoms. The Bertz CT molecular complexity index is 594. The highest BCUT2D eigenvalue weighted by molar-refractivity contribution is 7.79. The molecule has 1 aromatic heterocycles. The Hall–Kier alpha value is -1.53. The van der Waals surface area contributed by atoms with E-state index in [-0.39, 0.29) is 0 Å². The second-order valence-corrected chi connectivity index (χ2v) is 6.10. The molecule has 0 aliphatic carbocycles. The highest BCUT2D eigenvalue weighted by atomic mass is 32.1. The van der Waals surface area contributed by atoms with Crippen molar-refractivity contribution in [3.05, 3.63) is 30.2 Å². The summed E-state index contributed by atoms with van der Waals surface area (Å²) in [6.07, 6.45) is 5.13. The molecule has 1 aromatic carbocycles. The third-order valence-corrected chi connectivity index (χ3v) is 4.31. The molecule has 1 aliphatic heterocycles. The van der Waals surface area contributed by atoms with Crippen LogP contribution in [0, 0.1) is 0 Å². The number of rotatable bonds is 7. The molecule has 0 atom stereocenters. The summed E-state index contributed by atoms with van der Waals surface area (Å²) in [5.74, 6) is 2.37. The van der Waals surface area contributed by atoms with Crippen molar-refractivity contribution in [2.24, 2.45) is 0 Å². The molecule has 1 aliphatic rings. The van der Waals surface area contributed by atoms with E-state index in [9.17, 15) is 0 Å². The largest absolute Gasteiger partial charge is 0.494 e. The van der Waals surface area contributed by atoms with Crippen LogP contribution in [0.5, 0.6) is 5.75 Å². The molecule has 3 rings (SSSR count). The van der Waals surface area contributed by atoms with Gasteiger partial charge in [0.1, 0.15) is 5.75 Å². The SMILES string of the molecule is SCc1nnc(-c2ccc(OCCCN3CCCCC3)cc2)o1. The van der Waals surface area contributed by atoms with Gasteiger partial charge in [-0.2, -0.15) is 12.6 Å². The highest BCUT2D eigenvalue weighted by Crippen LogP contribution is 2.21. The van der Waals surface area contributed by atoms with Gasteiger partial charge in [0, 0.05) is 12.1 Å². The molecule has 6 heteroatoms. The van der Waals surface area contributed by atoms with Crippen LogP contribution in [0.1, 0.15) is 31.6 Å². The predicted molar refractivity (Wildman–Crippen MR) is 92.8 cm³/mol. The van der Waals surface area contributed by atoms with Gasteiger partial charge in [0.05, 0.1) is 12.4 Å². The lowest BCUT2D eigenvalue weighted by molar-refractivity contribution is 0.205. The minimum atomic E-state index is 0.450. The number of likely N-dealkylation sites (tertiary alicyclic amines) is 1. The average Bonchev–Trinajstić information content (AvgIpc) is 3.09. The molecule has 0 bridgehead atoms. The lowest BCUT2D eigenvalue weighted by Gasteiger charge is -2.26. The molecule has 2 heterocycles. The second kappa shape index (κ2) is 8.36. The number of hydrogen-bond acceptors (Lipinski definition) is 6. The van der Waals surface area contributed by atoms with Crippen LogP contribution in [0.25, 0.3) is 11.5 Å². The summed E-state index contributed by atoms with van der Waals surface area (Å²) in [4.78, 5) is 2.53. The number of nitrogens with zero attached hydrogens (tertiary/aromatic N) is 3. The first-order valence-corrected chi connectivity index (χ1v) is 8.87. The van der Waals surface area contributed by atoms with Gasteiger partial charge in [-0.15, -0.1) is 10.2 Å². The van der Waals surface area contributed by atoms with E-state index in [0.29, 0.717) is 17.5 Å². The van der Waals surface area contributed by atoms with Crippen LogP contribution in [0.2, 0.25) is 0 Å². The maximum absolute atomic E-state index is 5.81. The van der Waals surface area contributed by atoms with Crippen LogP contribution in [0.3, 0.4) is 0 Å². The monoisotopic (exact) mass is 333 g/mol. The molecule has 0 radical (unpaired) electrons. The zero-order chi connectivity index (χ0) is 15.9. The molecule has 124 valence electrons. The van der Waals surface area contributed by atoms with Crippen LogP contribution in [0.15, 0.2) is 28.7 Å². The Balaban J connectivity index is 1.44. The van der Waals surface area contributed by atoms with Crippen molar-refractivity contribution in [1.29, 1.82) is 0 Å². The Morgan fingerprint density at radius 1 is 1.09 bits per heavy atom. The summed E-state index contributed by atoms with van der Waals surface area (Å²) in [6.45, 7) is 4.37. The second-order valence-electron chi connectivity index (χ2n) is 5.79. The fraction of sp³-hybridized carbons (Fsp3) is 0.529. The summed E-state index contributed by atoms with van der Waals surface area (Å²) in [6, 6.07) is 7.77. The molecule has 1 fully saturated rings. The fourth-order valence-corrected chi connectivity index (χ4v) is 2.92. The summed E-state index contributed by atoms with van der Waals surface area (Å²) in [5, 5.41) is 7.91. The van der Waals surface area contributed by atoms with Crippen molar-refractivity contribution in [3.63, 3.8) is 0 Å². The van der Waals surface area contributed by atoms with E-state index in [1.807, 2.05) is 24.3 Å². The zero-order valence-corrected chi connectivity index (χ0v) is 14.2. The standard InChI is InChI=1S/C17H23N3O2S/c23-13-16-18-19-17(22-16)14-5-7-15(8-6-14)21-12-4-11-20-9-2-1-3-10-20/h5-8,23H,1-4,9-13H2. The van der Waals surface area contributed by atoms with Crippen LogP contribution < -0.4 is 4.74 Å². The summed E-state index contributed by atoms with van der Waals surface area (Å²) < 4.78 is 11.3. The van der Waals surface area contributed by atoms with Crippen molar-refractivity contribution < 1.29 is 9.15 Å². The third kappa shape index (κ3) is 4.72. The van der Waals surface area contributed by atoms with Crippen LogP contribution >= 0.6 is 12.6 Å². The highest BCUT2D eigenvalue weighted by Gasteiger charge is 2.09. The van der Waals surface area contributed by atoms with Gasteiger partial charge in [0.2, 0.25) is 11.8 Å². The third-order valence-electron chi connectivity index (χ3n) is 4.04. The summed E-state index contributed by atoms with van der Waals surface area (Å²) >= 11 is 4.12. The predicted octanol–water partition coefficient (Wildman–Crippen LogP) is 3.42. The normalized spacial score (nSPS) is 15.7. The minimum absolute atomic E-state index is 0.450. The molecule has 0 unspecified atom stereocenters. The topological polar surface area (TPSA) is 51.4 Å². The van der Waals surface area contributed by atoms with Gasteiger partial charge in [-0.3, -0.25) is 0 Å². The lowest BCUT2D eigenvalue weighted by atomic mass is 10.1. The van der Waals surface area contributed by atoms with Gasteiger partial charge < -0.3 is 14.1 Å². The van der Waals surface area contributed by atoms with Crippen LogP contribution in [-0.2, 0) is 5.75 Å². The first-order valence-electron chi connectivity index (χ1n) is 8.24. The van der Waals surface area contributed by atoms with Crippen molar-refractivity contribution in [3.8, 4) is 17.2 Å². The molecule has 0 saturated carbocycles. The Morgan fingerprint density at radius 2 is 1.87 bits per heavy atom. The average molecular weight is 333 g/mol. The Labute approximate surface area is 142 Å². The van der Waals surface area contributed by atoms with Gasteiger partial charge >= 0.3 is 0 Å². The number of thiol groups is 1. The van der Waals surface area contributed by atoms with Crippen LogP contribution in [-0.4, -0.2) is 41.3 Å². The van der Waals surface area contributed by atoms with E-state index in [2.05, 4.69) is 27.7 Å². The van der Waals surface area contributed by atoms with Gasteiger partial charge in [0.15, 0.2) is 0 Å². The number of hydrogen-bond donors (Lipinski definition) is 1. The number of benzene rings is 1. The Morgan fingerprint density at radius 3 is 2.57 bits per heavy atom. The van der Waals surface area contributed by atoms with Crippen molar-refractivity contribution in [2.45, 2.75) is 31.4 Å². The molecule has 2 aromatic rings. The first-order chi connectivity index (χ1) is 11.3. The van der Waals surface area contributed by atoms with E-state index in [4.69, 9.17) is 9.15 Å². The number of ether oxygens (including phenoxy) is 1. The van der Waals surface area contributed by atoms with E-state index in [0.717, 1.165) is 30.9 Å². The summed E-state index contributed by atoms with van der Waals surface area (Å²) in [5.41, 5.74) is 0.895. The van der Waals surface area contributed by atoms with E-state index in [1.54, 1.807) is 0 Å². The van der Waals surface area contributed by atoms with Gasteiger partial charge in [-0.1, -0.05) is 6.42 Å². The molecule has 0 amide bonds. The van der Waals surface area contributed by atoms with E-state index < -0.39 is 0 Å². The molecular weight excluding hydrogens is 310 g/mol. The molecule has 1 saturated heterocycles. The molecule has 0 N–H and O–H groups in total. The quantitative estimate of drug-likeness (QED) is 0.621. The van der Waals surface area contributed by atoms with Gasteiger partial charge in [-0.25, -0.2) is 0 Å². The van der Waals surface area contributed by atoms with E-state index >= 15 is 0 Å². The van der Waals surface area contributed by atoms with E-state index in [1.165, 1.54) is 32.4 Å². The van der Waals surface area contributed by atoms with Crippen molar-refractivity contribution in [1.82, 2.24) is 15.1 Å². The maximum Gasteiger partial charge on any atom is 0.247 e. The number of piperidine rings is 1. The fourth-order valence-electron chi connectivity index (χ4n) is 2.79. The molecule has 5 nitrogen and oxygen atoms in total. The zero-order valence-electron chi connectivity index (χ0n) is 13.3. The Kier molecular flexibility index (Phi) is 5.93. The van der Waals surface area contributed by atoms with Gasteiger partial charge in [0.25, 0.3) is 0 Å². The lowest BCUT2D eigenvalue weighted by Crippen LogP contribution is -2.31. The van der Waals surface area contributed by atoms with Gasteiger partial charge in [-0.05, 0) is 56.6 Å². The first kappa shape index (κ1) is 16.3. The van der Waals surface area contributed by atoms with Crippen molar-refractivity contribution in [2.75, 3.05) is 26.2 Å². The minimum Gasteiger partial charge on any atom is -0.494 e. The van der Waals surface area contributed by atoms with Crippen molar-refractivity contribution >= 4 is 12.6 Å². The maximum atomic E-state index is 5.81. The van der Waals surface area contributed by atoms with Crippen LogP contribution in [0.4, 0.5) is 0 Å². The smallest absolute Gasteiger partial charge is 0.247 e. The molecular formula is C17H23N3O2S.